The maximum Gasteiger partial charge on any atom is 0.338 e. The average Bonchev–Trinajstić information content (AvgIpc) is 2.75. The van der Waals surface area contributed by atoms with E-state index in [4.69, 9.17) is 9.47 Å². The first-order chi connectivity index (χ1) is 14.5. The summed E-state index contributed by atoms with van der Waals surface area (Å²) in [6, 6.07) is 14.4. The standard InChI is InChI=1S/C23H27N3O4/c1-4-30-22(27)20-19(14-24-13-16-7-5-15(2)6-8-16)25-23(28)26-21(20)17-9-11-18(29-3)12-10-17/h5-12,21,24H,4,13-14H2,1-3H3,(H2,25,26,28)/t21-/m0/s1. The van der Waals surface area contributed by atoms with Crippen molar-refractivity contribution >= 4 is 12.0 Å². The van der Waals surface area contributed by atoms with Crippen LogP contribution in [0.5, 0.6) is 5.75 Å². The van der Waals surface area contributed by atoms with Gasteiger partial charge in [0.1, 0.15) is 5.75 Å². The Labute approximate surface area is 176 Å². The number of carbonyl (C=O) groups excluding carboxylic acids is 2. The zero-order valence-electron chi connectivity index (χ0n) is 17.5. The topological polar surface area (TPSA) is 88.7 Å². The molecule has 0 fully saturated rings. The van der Waals surface area contributed by atoms with Crippen LogP contribution in [0.3, 0.4) is 0 Å². The molecule has 0 aromatic heterocycles. The van der Waals surface area contributed by atoms with Gasteiger partial charge in [-0.15, -0.1) is 0 Å². The van der Waals surface area contributed by atoms with Gasteiger partial charge in [-0.05, 0) is 37.1 Å². The Morgan fingerprint density at radius 1 is 1.07 bits per heavy atom. The number of urea groups is 1. The molecule has 7 heteroatoms. The number of hydrogen-bond donors (Lipinski definition) is 3. The number of esters is 1. The van der Waals surface area contributed by atoms with E-state index in [0.717, 1.165) is 11.1 Å². The van der Waals surface area contributed by atoms with Gasteiger partial charge in [-0.3, -0.25) is 0 Å². The van der Waals surface area contributed by atoms with E-state index >= 15 is 0 Å². The molecule has 1 aliphatic rings. The summed E-state index contributed by atoms with van der Waals surface area (Å²) in [5.41, 5.74) is 3.97. The van der Waals surface area contributed by atoms with Crippen molar-refractivity contribution in [3.63, 3.8) is 0 Å². The molecule has 3 rings (SSSR count). The van der Waals surface area contributed by atoms with Crippen LogP contribution < -0.4 is 20.7 Å². The van der Waals surface area contributed by atoms with Gasteiger partial charge in [0.05, 0.1) is 25.3 Å². The van der Waals surface area contributed by atoms with Crippen LogP contribution in [0.25, 0.3) is 0 Å². The zero-order valence-corrected chi connectivity index (χ0v) is 17.5. The third-order valence-electron chi connectivity index (χ3n) is 4.85. The van der Waals surface area contributed by atoms with E-state index in [1.165, 1.54) is 5.56 Å². The molecule has 30 heavy (non-hydrogen) atoms. The summed E-state index contributed by atoms with van der Waals surface area (Å²) in [5.74, 6) is 0.235. The van der Waals surface area contributed by atoms with Crippen molar-refractivity contribution in [2.75, 3.05) is 20.3 Å². The molecule has 0 aliphatic carbocycles. The Balaban J connectivity index is 1.86. The van der Waals surface area contributed by atoms with E-state index in [2.05, 4.69) is 16.0 Å². The molecule has 1 heterocycles. The summed E-state index contributed by atoms with van der Waals surface area (Å²) >= 11 is 0. The van der Waals surface area contributed by atoms with Gasteiger partial charge in [0.2, 0.25) is 0 Å². The smallest absolute Gasteiger partial charge is 0.338 e. The molecule has 1 aliphatic heterocycles. The number of carbonyl (C=O) groups is 2. The molecule has 0 saturated heterocycles. The monoisotopic (exact) mass is 409 g/mol. The van der Waals surface area contributed by atoms with Gasteiger partial charge in [0, 0.05) is 18.8 Å². The molecule has 2 aromatic carbocycles. The Kier molecular flexibility index (Phi) is 7.08. The molecule has 0 bridgehead atoms. The van der Waals surface area contributed by atoms with Crippen molar-refractivity contribution in [3.8, 4) is 5.75 Å². The van der Waals surface area contributed by atoms with Crippen LogP contribution in [-0.4, -0.2) is 32.3 Å². The quantitative estimate of drug-likeness (QED) is 0.584. The second-order valence-corrected chi connectivity index (χ2v) is 7.01. The van der Waals surface area contributed by atoms with Crippen molar-refractivity contribution in [1.29, 1.82) is 0 Å². The van der Waals surface area contributed by atoms with Gasteiger partial charge in [-0.25, -0.2) is 9.59 Å². The van der Waals surface area contributed by atoms with Gasteiger partial charge < -0.3 is 25.4 Å². The normalized spacial score (nSPS) is 16.0. The maximum absolute atomic E-state index is 12.8. The minimum Gasteiger partial charge on any atom is -0.497 e. The van der Waals surface area contributed by atoms with Crippen LogP contribution in [0.1, 0.15) is 29.7 Å². The van der Waals surface area contributed by atoms with Crippen molar-refractivity contribution < 1.29 is 19.1 Å². The van der Waals surface area contributed by atoms with Crippen molar-refractivity contribution in [1.82, 2.24) is 16.0 Å². The molecular formula is C23H27N3O4. The van der Waals surface area contributed by atoms with Gasteiger partial charge in [0.15, 0.2) is 0 Å². The first kappa shape index (κ1) is 21.4. The third kappa shape index (κ3) is 5.18. The SMILES string of the molecule is CCOC(=O)C1=C(CNCc2ccc(C)cc2)NC(=O)N[C@H]1c1ccc(OC)cc1. The van der Waals surface area contributed by atoms with Gasteiger partial charge >= 0.3 is 12.0 Å². The maximum atomic E-state index is 12.8. The van der Waals surface area contributed by atoms with Crippen LogP contribution in [0.15, 0.2) is 59.8 Å². The molecule has 3 N–H and O–H groups in total. The summed E-state index contributed by atoms with van der Waals surface area (Å²) in [4.78, 5) is 25.1. The van der Waals surface area contributed by atoms with Crippen molar-refractivity contribution in [3.05, 3.63) is 76.5 Å². The minimum absolute atomic E-state index is 0.246. The average molecular weight is 409 g/mol. The number of nitrogens with one attached hydrogen (secondary N) is 3. The third-order valence-corrected chi connectivity index (χ3v) is 4.85. The number of methoxy groups -OCH3 is 1. The Hall–Kier alpha value is -3.32. The molecule has 7 nitrogen and oxygen atoms in total. The van der Waals surface area contributed by atoms with Gasteiger partial charge in [-0.1, -0.05) is 42.0 Å². The predicted octanol–water partition coefficient (Wildman–Crippen LogP) is 2.96. The van der Waals surface area contributed by atoms with E-state index in [9.17, 15) is 9.59 Å². The number of ether oxygens (including phenoxy) is 2. The Morgan fingerprint density at radius 2 is 1.77 bits per heavy atom. The highest BCUT2D eigenvalue weighted by atomic mass is 16.5. The largest absolute Gasteiger partial charge is 0.497 e. The molecule has 0 spiro atoms. The first-order valence-electron chi connectivity index (χ1n) is 9.89. The molecule has 0 saturated carbocycles. The van der Waals surface area contributed by atoms with Crippen LogP contribution in [-0.2, 0) is 16.1 Å². The van der Waals surface area contributed by atoms with E-state index in [1.54, 1.807) is 26.2 Å². The van der Waals surface area contributed by atoms with Crippen molar-refractivity contribution in [2.45, 2.75) is 26.4 Å². The second-order valence-electron chi connectivity index (χ2n) is 7.01. The van der Waals surface area contributed by atoms with Crippen molar-refractivity contribution in [2.24, 2.45) is 0 Å². The Morgan fingerprint density at radius 3 is 2.40 bits per heavy atom. The molecule has 2 aromatic rings. The lowest BCUT2D eigenvalue weighted by Gasteiger charge is -2.29. The van der Waals surface area contributed by atoms with Gasteiger partial charge in [-0.2, -0.15) is 0 Å². The van der Waals surface area contributed by atoms with E-state index in [0.29, 0.717) is 30.1 Å². The summed E-state index contributed by atoms with van der Waals surface area (Å²) in [7, 11) is 1.59. The number of benzene rings is 2. The fraction of sp³-hybridized carbons (Fsp3) is 0.304. The highest BCUT2D eigenvalue weighted by Gasteiger charge is 2.33. The lowest BCUT2D eigenvalue weighted by Crippen LogP contribution is -2.48. The van der Waals surface area contributed by atoms with Crippen LogP contribution >= 0.6 is 0 Å². The van der Waals surface area contributed by atoms with Crippen LogP contribution in [0.4, 0.5) is 4.79 Å². The predicted molar refractivity (Wildman–Crippen MR) is 114 cm³/mol. The summed E-state index contributed by atoms with van der Waals surface area (Å²) in [6.07, 6.45) is 0. The first-order valence-corrected chi connectivity index (χ1v) is 9.89. The van der Waals surface area contributed by atoms with Crippen LogP contribution in [0, 0.1) is 6.92 Å². The van der Waals surface area contributed by atoms with Crippen LogP contribution in [0.2, 0.25) is 0 Å². The highest BCUT2D eigenvalue weighted by Crippen LogP contribution is 2.28. The molecule has 1 atom stereocenters. The second kappa shape index (κ2) is 9.93. The molecule has 158 valence electrons. The van der Waals surface area contributed by atoms with Gasteiger partial charge in [0.25, 0.3) is 0 Å². The summed E-state index contributed by atoms with van der Waals surface area (Å²) < 4.78 is 10.5. The zero-order chi connectivity index (χ0) is 21.5. The fourth-order valence-corrected chi connectivity index (χ4v) is 3.29. The van der Waals surface area contributed by atoms with E-state index in [-0.39, 0.29) is 12.6 Å². The number of hydrogen-bond acceptors (Lipinski definition) is 5. The molecule has 2 amide bonds. The molecular weight excluding hydrogens is 382 g/mol. The number of amides is 2. The van der Waals surface area contributed by atoms with E-state index in [1.807, 2.05) is 43.3 Å². The Bertz CT molecular complexity index is 920. The molecule has 0 radical (unpaired) electrons. The minimum atomic E-state index is -0.611. The fourth-order valence-electron chi connectivity index (χ4n) is 3.29. The lowest BCUT2D eigenvalue weighted by molar-refractivity contribution is -0.139. The summed E-state index contributed by atoms with van der Waals surface area (Å²) in [6.45, 7) is 4.97. The number of rotatable bonds is 8. The number of aryl methyl sites for hydroxylation is 1. The molecule has 0 unspecified atom stereocenters. The van der Waals surface area contributed by atoms with E-state index < -0.39 is 12.0 Å². The lowest BCUT2D eigenvalue weighted by atomic mass is 9.95. The summed E-state index contributed by atoms with van der Waals surface area (Å²) in [5, 5.41) is 8.89. The highest BCUT2D eigenvalue weighted by molar-refractivity contribution is 5.95.